The second-order valence-corrected chi connectivity index (χ2v) is 4.33. The van der Waals surface area contributed by atoms with E-state index in [-0.39, 0.29) is 18.6 Å². The van der Waals surface area contributed by atoms with Crippen LogP contribution in [0.3, 0.4) is 0 Å². The Hall–Kier alpha value is -1.91. The molecule has 1 aliphatic carbocycles. The second-order valence-electron chi connectivity index (χ2n) is 4.33. The van der Waals surface area contributed by atoms with Crippen LogP contribution in [0.4, 0.5) is 0 Å². The van der Waals surface area contributed by atoms with E-state index in [0.29, 0.717) is 11.4 Å². The molecular weight excluding hydrogens is 222 g/mol. The molecule has 1 saturated carbocycles. The summed E-state index contributed by atoms with van der Waals surface area (Å²) in [7, 11) is 1.51. The summed E-state index contributed by atoms with van der Waals surface area (Å²) in [5.74, 6) is -0.524. The van der Waals surface area contributed by atoms with Crippen molar-refractivity contribution in [3.05, 3.63) is 23.4 Å². The Balaban J connectivity index is 2.42. The van der Waals surface area contributed by atoms with Crippen molar-refractivity contribution in [1.29, 1.82) is 0 Å². The van der Waals surface area contributed by atoms with Crippen LogP contribution < -0.4 is 4.74 Å². The van der Waals surface area contributed by atoms with Gasteiger partial charge in [0.05, 0.1) is 7.11 Å². The maximum atomic E-state index is 11.3. The number of hydrogen-bond acceptors (Lipinski definition) is 4. The van der Waals surface area contributed by atoms with Crippen LogP contribution in [0.25, 0.3) is 0 Å². The van der Waals surface area contributed by atoms with Gasteiger partial charge >= 0.3 is 5.97 Å². The van der Waals surface area contributed by atoms with Gasteiger partial charge in [-0.1, -0.05) is 0 Å². The fourth-order valence-electron chi connectivity index (χ4n) is 2.14. The van der Waals surface area contributed by atoms with Gasteiger partial charge in [-0.05, 0) is 18.6 Å². The van der Waals surface area contributed by atoms with E-state index in [1.54, 1.807) is 13.0 Å². The van der Waals surface area contributed by atoms with Gasteiger partial charge in [0.25, 0.3) is 0 Å². The highest BCUT2D eigenvalue weighted by molar-refractivity contribution is 6.01. The van der Waals surface area contributed by atoms with E-state index in [2.05, 4.69) is 4.98 Å². The Morgan fingerprint density at radius 2 is 2.18 bits per heavy atom. The van der Waals surface area contributed by atoms with Crippen LogP contribution in [-0.4, -0.2) is 29.0 Å². The molecule has 0 aliphatic heterocycles. The summed E-state index contributed by atoms with van der Waals surface area (Å²) in [6, 6.07) is 1.73. The molecule has 0 unspecified atom stereocenters. The highest BCUT2D eigenvalue weighted by atomic mass is 16.5. The normalized spacial score (nSPS) is 17.4. The van der Waals surface area contributed by atoms with Gasteiger partial charge in [-0.25, -0.2) is 4.98 Å². The van der Waals surface area contributed by atoms with Gasteiger partial charge < -0.3 is 9.84 Å². The van der Waals surface area contributed by atoms with E-state index in [0.717, 1.165) is 5.56 Å². The molecule has 1 heterocycles. The first-order valence-electron chi connectivity index (χ1n) is 5.26. The molecular formula is C12H13NO4. The van der Waals surface area contributed by atoms with Crippen LogP contribution in [0.1, 0.15) is 24.0 Å². The molecule has 0 saturated heterocycles. The number of nitrogens with zero attached hydrogens (tertiary/aromatic N) is 1. The van der Waals surface area contributed by atoms with E-state index in [1.807, 2.05) is 0 Å². The standard InChI is InChI=1S/C12H13NO4/c1-7-3-8(6-13-10(7)17-2)12(11(15)16)4-9(14)5-12/h3,6H,4-5H2,1-2H3,(H,15,16). The first kappa shape index (κ1) is 11.6. The zero-order valence-corrected chi connectivity index (χ0v) is 9.69. The molecule has 1 aromatic rings. The third-order valence-corrected chi connectivity index (χ3v) is 3.18. The molecule has 5 nitrogen and oxygen atoms in total. The summed E-state index contributed by atoms with van der Waals surface area (Å²) >= 11 is 0. The van der Waals surface area contributed by atoms with E-state index < -0.39 is 11.4 Å². The number of Topliss-reactive ketones (excluding diaryl/α,β-unsaturated/α-hetero) is 1. The number of aryl methyl sites for hydroxylation is 1. The molecule has 1 N–H and O–H groups in total. The summed E-state index contributed by atoms with van der Waals surface area (Å²) in [4.78, 5) is 26.5. The predicted octanol–water partition coefficient (Wildman–Crippen LogP) is 1.08. The average Bonchev–Trinajstić information content (AvgIpc) is 2.24. The SMILES string of the molecule is COc1ncc(C2(C(=O)O)CC(=O)C2)cc1C. The minimum Gasteiger partial charge on any atom is -0.481 e. The minimum absolute atomic E-state index is 0.0270. The monoisotopic (exact) mass is 235 g/mol. The first-order valence-corrected chi connectivity index (χ1v) is 5.26. The number of pyridine rings is 1. The van der Waals surface area contributed by atoms with Crippen molar-refractivity contribution in [3.63, 3.8) is 0 Å². The number of carboxylic acids is 1. The number of carboxylic acid groups (broad SMARTS) is 1. The Bertz CT molecular complexity index is 487. The third-order valence-electron chi connectivity index (χ3n) is 3.18. The summed E-state index contributed by atoms with van der Waals surface area (Å²) in [5.41, 5.74) is 0.258. The first-order chi connectivity index (χ1) is 7.99. The molecule has 0 aromatic carbocycles. The fraction of sp³-hybridized carbons (Fsp3) is 0.417. The third kappa shape index (κ3) is 1.67. The lowest BCUT2D eigenvalue weighted by atomic mass is 9.64. The molecule has 17 heavy (non-hydrogen) atoms. The van der Waals surface area contributed by atoms with Gasteiger partial charge in [-0.2, -0.15) is 0 Å². The number of methoxy groups -OCH3 is 1. The molecule has 1 aromatic heterocycles. The Labute approximate surface area is 98.4 Å². The van der Waals surface area contributed by atoms with Crippen LogP contribution in [-0.2, 0) is 15.0 Å². The molecule has 1 fully saturated rings. The number of rotatable bonds is 3. The zero-order valence-electron chi connectivity index (χ0n) is 9.69. The summed E-state index contributed by atoms with van der Waals surface area (Å²) < 4.78 is 5.02. The highest BCUT2D eigenvalue weighted by Crippen LogP contribution is 2.42. The van der Waals surface area contributed by atoms with Crippen molar-refractivity contribution >= 4 is 11.8 Å². The number of hydrogen-bond donors (Lipinski definition) is 1. The van der Waals surface area contributed by atoms with Crippen LogP contribution >= 0.6 is 0 Å². The number of aromatic nitrogens is 1. The summed E-state index contributed by atoms with van der Waals surface area (Å²) in [5, 5.41) is 9.26. The van der Waals surface area contributed by atoms with E-state index in [1.165, 1.54) is 13.3 Å². The van der Waals surface area contributed by atoms with Crippen molar-refractivity contribution < 1.29 is 19.4 Å². The Kier molecular flexibility index (Phi) is 2.61. The maximum Gasteiger partial charge on any atom is 0.315 e. The summed E-state index contributed by atoms with van der Waals surface area (Å²) in [6.07, 6.45) is 1.58. The Morgan fingerprint density at radius 1 is 1.53 bits per heavy atom. The van der Waals surface area contributed by atoms with Crippen molar-refractivity contribution in [1.82, 2.24) is 4.98 Å². The summed E-state index contributed by atoms with van der Waals surface area (Å²) in [6.45, 7) is 1.80. The van der Waals surface area contributed by atoms with Gasteiger partial charge in [0.1, 0.15) is 11.2 Å². The van der Waals surface area contributed by atoms with Crippen molar-refractivity contribution in [3.8, 4) is 5.88 Å². The number of ether oxygens (including phenoxy) is 1. The predicted molar refractivity (Wildman–Crippen MR) is 59.1 cm³/mol. The van der Waals surface area contributed by atoms with Crippen molar-refractivity contribution in [2.24, 2.45) is 0 Å². The Morgan fingerprint density at radius 3 is 2.59 bits per heavy atom. The minimum atomic E-state index is -1.08. The van der Waals surface area contributed by atoms with Gasteiger partial charge in [-0.3, -0.25) is 9.59 Å². The number of carbonyl (C=O) groups excluding carboxylic acids is 1. The molecule has 2 rings (SSSR count). The van der Waals surface area contributed by atoms with Crippen molar-refractivity contribution in [2.75, 3.05) is 7.11 Å². The number of ketones is 1. The van der Waals surface area contributed by atoms with Gasteiger partial charge in [0, 0.05) is 24.6 Å². The topological polar surface area (TPSA) is 76.5 Å². The lowest BCUT2D eigenvalue weighted by molar-refractivity contribution is -0.153. The molecule has 5 heteroatoms. The van der Waals surface area contributed by atoms with Gasteiger partial charge in [0.2, 0.25) is 5.88 Å². The van der Waals surface area contributed by atoms with E-state index in [9.17, 15) is 14.7 Å². The largest absolute Gasteiger partial charge is 0.481 e. The fourth-order valence-corrected chi connectivity index (χ4v) is 2.14. The van der Waals surface area contributed by atoms with Crippen molar-refractivity contribution in [2.45, 2.75) is 25.2 Å². The van der Waals surface area contributed by atoms with Gasteiger partial charge in [-0.15, -0.1) is 0 Å². The smallest absolute Gasteiger partial charge is 0.315 e. The molecule has 0 radical (unpaired) electrons. The number of aliphatic carboxylic acids is 1. The van der Waals surface area contributed by atoms with Crippen LogP contribution in [0.15, 0.2) is 12.3 Å². The molecule has 0 bridgehead atoms. The average molecular weight is 235 g/mol. The second kappa shape index (κ2) is 3.84. The molecule has 90 valence electrons. The number of carbonyl (C=O) groups is 2. The van der Waals surface area contributed by atoms with E-state index >= 15 is 0 Å². The molecule has 0 amide bonds. The molecule has 0 atom stereocenters. The van der Waals surface area contributed by atoms with Crippen LogP contribution in [0.5, 0.6) is 5.88 Å². The van der Waals surface area contributed by atoms with Gasteiger partial charge in [0.15, 0.2) is 0 Å². The lowest BCUT2D eigenvalue weighted by Crippen LogP contribution is -2.48. The highest BCUT2D eigenvalue weighted by Gasteiger charge is 2.51. The zero-order chi connectivity index (χ0) is 12.6. The van der Waals surface area contributed by atoms with Crippen LogP contribution in [0, 0.1) is 6.92 Å². The molecule has 1 aliphatic rings. The van der Waals surface area contributed by atoms with E-state index in [4.69, 9.17) is 4.74 Å². The maximum absolute atomic E-state index is 11.3. The molecule has 0 spiro atoms. The van der Waals surface area contributed by atoms with Crippen LogP contribution in [0.2, 0.25) is 0 Å². The lowest BCUT2D eigenvalue weighted by Gasteiger charge is -2.36. The quantitative estimate of drug-likeness (QED) is 0.848.